The summed E-state index contributed by atoms with van der Waals surface area (Å²) in [6, 6.07) is 17.9. The van der Waals surface area contributed by atoms with E-state index in [0.717, 1.165) is 73.9 Å². The van der Waals surface area contributed by atoms with Crippen LogP contribution in [-0.2, 0) is 6.42 Å². The van der Waals surface area contributed by atoms with Crippen molar-refractivity contribution in [3.8, 4) is 11.3 Å². The zero-order chi connectivity index (χ0) is 22.8. The number of hydrogen-bond acceptors (Lipinski definition) is 6. The second-order valence-electron chi connectivity index (χ2n) is 9.58. The summed E-state index contributed by atoms with van der Waals surface area (Å²) in [5.74, 6) is 2.76. The molecule has 0 saturated heterocycles. The molecule has 0 spiro atoms. The van der Waals surface area contributed by atoms with Crippen LogP contribution in [0.5, 0.6) is 0 Å². The first kappa shape index (κ1) is 21.8. The third-order valence-corrected chi connectivity index (χ3v) is 6.94. The Bertz CT molecular complexity index is 1070. The van der Waals surface area contributed by atoms with Gasteiger partial charge in [-0.1, -0.05) is 36.4 Å². The average molecular weight is 443 g/mol. The second-order valence-corrected chi connectivity index (χ2v) is 9.58. The predicted molar refractivity (Wildman–Crippen MR) is 135 cm³/mol. The zero-order valence-electron chi connectivity index (χ0n) is 19.7. The fraction of sp³-hybridized carbons (Fsp3) is 0.444. The van der Waals surface area contributed by atoms with E-state index in [2.05, 4.69) is 60.0 Å². The number of rotatable bonds is 5. The molecule has 0 amide bonds. The lowest BCUT2D eigenvalue weighted by Crippen LogP contribution is -2.45. The van der Waals surface area contributed by atoms with Gasteiger partial charge in [0.1, 0.15) is 11.6 Å². The van der Waals surface area contributed by atoms with Gasteiger partial charge in [0.15, 0.2) is 0 Å². The van der Waals surface area contributed by atoms with E-state index < -0.39 is 0 Å². The van der Waals surface area contributed by atoms with E-state index in [1.807, 2.05) is 18.3 Å². The average Bonchev–Trinajstić information content (AvgIpc) is 2.85. The first-order valence-corrected chi connectivity index (χ1v) is 12.3. The van der Waals surface area contributed by atoms with Crippen molar-refractivity contribution in [3.05, 3.63) is 60.3 Å². The Hall–Kier alpha value is -2.99. The number of nitrogens with two attached hydrogens (primary N) is 1. The molecule has 5 rings (SSSR count). The number of anilines is 3. The van der Waals surface area contributed by atoms with Crippen LogP contribution in [-0.4, -0.2) is 39.6 Å². The topological polar surface area (TPSA) is 71.2 Å². The molecule has 0 bridgehead atoms. The van der Waals surface area contributed by atoms with Crippen LogP contribution < -0.4 is 15.5 Å². The standard InChI is InChI=1S/C27H34N6/c1-19(2)33(23-13-11-22(28)12-14-23)27-29-17-16-25(31-27)32-18-6-9-21-10-15-24(30-26(21)32)20-7-4-3-5-8-20/h3-5,7-8,10,15-17,19,22-23H,6,9,11-14,18,28H2,1-2H3. The molecule has 0 unspecified atom stereocenters. The van der Waals surface area contributed by atoms with E-state index in [-0.39, 0.29) is 0 Å². The minimum absolute atomic E-state index is 0.330. The fourth-order valence-electron chi connectivity index (χ4n) is 5.24. The maximum absolute atomic E-state index is 6.17. The molecular formula is C27H34N6. The van der Waals surface area contributed by atoms with Crippen LogP contribution in [0.3, 0.4) is 0 Å². The highest BCUT2D eigenvalue weighted by atomic mass is 15.3. The minimum atomic E-state index is 0.330. The molecule has 1 saturated carbocycles. The summed E-state index contributed by atoms with van der Waals surface area (Å²) in [6.07, 6.45) is 8.37. The first-order chi connectivity index (χ1) is 16.1. The van der Waals surface area contributed by atoms with Gasteiger partial charge < -0.3 is 15.5 Å². The molecular weight excluding hydrogens is 408 g/mol. The molecule has 172 valence electrons. The lowest BCUT2D eigenvalue weighted by Gasteiger charge is -2.39. The van der Waals surface area contributed by atoms with Crippen LogP contribution in [0.2, 0.25) is 0 Å². The summed E-state index contributed by atoms with van der Waals surface area (Å²) in [4.78, 5) is 19.5. The monoisotopic (exact) mass is 442 g/mol. The van der Waals surface area contributed by atoms with Gasteiger partial charge in [-0.2, -0.15) is 4.98 Å². The molecule has 0 radical (unpaired) electrons. The summed E-state index contributed by atoms with van der Waals surface area (Å²) < 4.78 is 0. The largest absolute Gasteiger partial charge is 0.335 e. The Morgan fingerprint density at radius 3 is 2.52 bits per heavy atom. The van der Waals surface area contributed by atoms with Gasteiger partial charge in [-0.3, -0.25) is 0 Å². The normalized spacial score (nSPS) is 20.5. The third kappa shape index (κ3) is 4.58. The summed E-state index contributed by atoms with van der Waals surface area (Å²) in [7, 11) is 0. The zero-order valence-corrected chi connectivity index (χ0v) is 19.7. The number of aryl methyl sites for hydroxylation is 1. The van der Waals surface area contributed by atoms with Gasteiger partial charge in [0.2, 0.25) is 5.95 Å². The number of pyridine rings is 1. The Morgan fingerprint density at radius 1 is 0.970 bits per heavy atom. The van der Waals surface area contributed by atoms with Gasteiger partial charge in [0.05, 0.1) is 5.69 Å². The molecule has 0 atom stereocenters. The Balaban J connectivity index is 1.48. The molecule has 2 aliphatic rings. The highest BCUT2D eigenvalue weighted by Crippen LogP contribution is 2.34. The third-order valence-electron chi connectivity index (χ3n) is 6.94. The smallest absolute Gasteiger partial charge is 0.227 e. The first-order valence-electron chi connectivity index (χ1n) is 12.3. The van der Waals surface area contributed by atoms with Gasteiger partial charge in [-0.05, 0) is 70.1 Å². The minimum Gasteiger partial charge on any atom is -0.335 e. The highest BCUT2D eigenvalue weighted by Gasteiger charge is 2.29. The molecule has 6 heteroatoms. The molecule has 2 N–H and O–H groups in total. The van der Waals surface area contributed by atoms with Crippen molar-refractivity contribution in [2.45, 2.75) is 70.5 Å². The van der Waals surface area contributed by atoms with Gasteiger partial charge >= 0.3 is 0 Å². The molecule has 1 aromatic carbocycles. The van der Waals surface area contributed by atoms with E-state index in [1.54, 1.807) is 0 Å². The molecule has 2 aromatic heterocycles. The van der Waals surface area contributed by atoms with Crippen molar-refractivity contribution in [3.63, 3.8) is 0 Å². The van der Waals surface area contributed by atoms with Gasteiger partial charge in [-0.15, -0.1) is 0 Å². The number of fused-ring (bicyclic) bond motifs is 1. The summed E-state index contributed by atoms with van der Waals surface area (Å²) >= 11 is 0. The van der Waals surface area contributed by atoms with Crippen molar-refractivity contribution in [1.29, 1.82) is 0 Å². The molecule has 1 aliphatic carbocycles. The lowest BCUT2D eigenvalue weighted by atomic mass is 9.90. The quantitative estimate of drug-likeness (QED) is 0.592. The maximum Gasteiger partial charge on any atom is 0.227 e. The van der Waals surface area contributed by atoms with Crippen LogP contribution >= 0.6 is 0 Å². The summed E-state index contributed by atoms with van der Waals surface area (Å²) in [5.41, 5.74) is 9.58. The number of nitrogens with zero attached hydrogens (tertiary/aromatic N) is 5. The van der Waals surface area contributed by atoms with Crippen molar-refractivity contribution in [2.24, 2.45) is 5.73 Å². The van der Waals surface area contributed by atoms with E-state index in [1.165, 1.54) is 5.56 Å². The lowest BCUT2D eigenvalue weighted by molar-refractivity contribution is 0.360. The van der Waals surface area contributed by atoms with Gasteiger partial charge in [0.25, 0.3) is 0 Å². The fourth-order valence-corrected chi connectivity index (χ4v) is 5.24. The number of benzene rings is 1. The Labute approximate surface area is 196 Å². The SMILES string of the molecule is CC(C)N(c1nccc(N2CCCc3ccc(-c4ccccc4)nc32)n1)C1CCC(N)CC1. The second kappa shape index (κ2) is 9.48. The molecule has 3 heterocycles. The molecule has 1 fully saturated rings. The maximum atomic E-state index is 6.17. The molecule has 1 aliphatic heterocycles. The van der Waals surface area contributed by atoms with Crippen molar-refractivity contribution >= 4 is 17.6 Å². The Kier molecular flexibility index (Phi) is 6.27. The van der Waals surface area contributed by atoms with E-state index in [9.17, 15) is 0 Å². The summed E-state index contributed by atoms with van der Waals surface area (Å²) in [5, 5.41) is 0. The van der Waals surface area contributed by atoms with Crippen molar-refractivity contribution in [1.82, 2.24) is 15.0 Å². The van der Waals surface area contributed by atoms with E-state index in [4.69, 9.17) is 20.7 Å². The molecule has 6 nitrogen and oxygen atoms in total. The number of aromatic nitrogens is 3. The van der Waals surface area contributed by atoms with Crippen LogP contribution in [0.25, 0.3) is 11.3 Å². The highest BCUT2D eigenvalue weighted by molar-refractivity contribution is 5.68. The summed E-state index contributed by atoms with van der Waals surface area (Å²) in [6.45, 7) is 5.37. The molecule has 33 heavy (non-hydrogen) atoms. The number of hydrogen-bond donors (Lipinski definition) is 1. The van der Waals surface area contributed by atoms with E-state index in [0.29, 0.717) is 18.1 Å². The van der Waals surface area contributed by atoms with Crippen LogP contribution in [0.15, 0.2) is 54.7 Å². The van der Waals surface area contributed by atoms with Gasteiger partial charge in [0, 0.05) is 36.4 Å². The van der Waals surface area contributed by atoms with Crippen LogP contribution in [0.1, 0.15) is 51.5 Å². The van der Waals surface area contributed by atoms with Gasteiger partial charge in [-0.25, -0.2) is 9.97 Å². The van der Waals surface area contributed by atoms with Crippen molar-refractivity contribution in [2.75, 3.05) is 16.3 Å². The van der Waals surface area contributed by atoms with Crippen LogP contribution in [0.4, 0.5) is 17.6 Å². The predicted octanol–water partition coefficient (Wildman–Crippen LogP) is 5.11. The Morgan fingerprint density at radius 2 is 1.76 bits per heavy atom. The molecule has 3 aromatic rings. The van der Waals surface area contributed by atoms with Crippen molar-refractivity contribution < 1.29 is 0 Å². The van der Waals surface area contributed by atoms with Crippen LogP contribution in [0, 0.1) is 0 Å². The van der Waals surface area contributed by atoms with E-state index >= 15 is 0 Å².